The summed E-state index contributed by atoms with van der Waals surface area (Å²) in [4.78, 5) is 11.1. The fourth-order valence-electron chi connectivity index (χ4n) is 1.92. The highest BCUT2D eigenvalue weighted by atomic mass is 16.7. The predicted octanol–water partition coefficient (Wildman–Crippen LogP) is -0.0101. The van der Waals surface area contributed by atoms with Crippen molar-refractivity contribution in [2.45, 2.75) is 31.2 Å². The number of methoxy groups -OCH3 is 2. The molecule has 2 aliphatic heterocycles. The van der Waals surface area contributed by atoms with E-state index >= 15 is 0 Å². The van der Waals surface area contributed by atoms with Crippen LogP contribution in [0.15, 0.2) is 11.5 Å². The van der Waals surface area contributed by atoms with Gasteiger partial charge in [0.2, 0.25) is 5.76 Å². The molecule has 0 aromatic heterocycles. The molecule has 19 heavy (non-hydrogen) atoms. The number of cyclic esters (lactones) is 1. The molecule has 0 aromatic carbocycles. The van der Waals surface area contributed by atoms with Crippen LogP contribution in [0.1, 0.15) is 6.42 Å². The summed E-state index contributed by atoms with van der Waals surface area (Å²) in [5.41, 5.74) is 0. The molecule has 3 unspecified atom stereocenters. The van der Waals surface area contributed by atoms with Crippen molar-refractivity contribution in [1.82, 2.24) is 0 Å². The lowest BCUT2D eigenvalue weighted by Crippen LogP contribution is -2.31. The number of esters is 1. The Hall–Kier alpha value is -1.35. The Kier molecular flexibility index (Phi) is 4.25. The first-order chi connectivity index (χ1) is 9.06. The summed E-state index contributed by atoms with van der Waals surface area (Å²) in [6, 6.07) is 0. The second-order valence-electron chi connectivity index (χ2n) is 4.13. The van der Waals surface area contributed by atoms with Gasteiger partial charge in [-0.25, -0.2) is 4.79 Å². The minimum absolute atomic E-state index is 0.125. The van der Waals surface area contributed by atoms with Gasteiger partial charge in [0.1, 0.15) is 6.10 Å². The third kappa shape index (κ3) is 2.81. The van der Waals surface area contributed by atoms with E-state index in [1.165, 1.54) is 14.2 Å². The van der Waals surface area contributed by atoms with Gasteiger partial charge in [0.25, 0.3) is 0 Å². The lowest BCUT2D eigenvalue weighted by atomic mass is 10.2. The van der Waals surface area contributed by atoms with Crippen LogP contribution in [0.25, 0.3) is 0 Å². The van der Waals surface area contributed by atoms with Crippen molar-refractivity contribution in [3.8, 4) is 0 Å². The SMILES string of the molecule is COC(CC1OCC(C2OC(=O)C(O)=C2O)O1)OC. The summed E-state index contributed by atoms with van der Waals surface area (Å²) in [6.07, 6.45) is -2.45. The number of hydrogen-bond donors (Lipinski definition) is 2. The topological polar surface area (TPSA) is 104 Å². The van der Waals surface area contributed by atoms with Crippen molar-refractivity contribution in [1.29, 1.82) is 0 Å². The average Bonchev–Trinajstić information content (AvgIpc) is 2.96. The van der Waals surface area contributed by atoms with E-state index in [-0.39, 0.29) is 6.61 Å². The molecule has 2 N–H and O–H groups in total. The highest BCUT2D eigenvalue weighted by Gasteiger charge is 2.44. The van der Waals surface area contributed by atoms with E-state index in [2.05, 4.69) is 0 Å². The summed E-state index contributed by atoms with van der Waals surface area (Å²) in [5, 5.41) is 18.8. The van der Waals surface area contributed by atoms with Gasteiger partial charge < -0.3 is 33.9 Å². The van der Waals surface area contributed by atoms with Gasteiger partial charge in [0.15, 0.2) is 24.4 Å². The number of rotatable bonds is 5. The van der Waals surface area contributed by atoms with Crippen LogP contribution in [0, 0.1) is 0 Å². The molecular formula is C11H16O8. The van der Waals surface area contributed by atoms with Crippen molar-refractivity contribution in [3.63, 3.8) is 0 Å². The molecular weight excluding hydrogens is 260 g/mol. The van der Waals surface area contributed by atoms with Gasteiger partial charge in [0.05, 0.1) is 6.61 Å². The van der Waals surface area contributed by atoms with E-state index in [0.29, 0.717) is 6.42 Å². The van der Waals surface area contributed by atoms with Crippen LogP contribution in [-0.2, 0) is 28.5 Å². The van der Waals surface area contributed by atoms with E-state index in [4.69, 9.17) is 23.7 Å². The zero-order valence-corrected chi connectivity index (χ0v) is 10.6. The van der Waals surface area contributed by atoms with Crippen molar-refractivity contribution < 1.29 is 38.7 Å². The third-order valence-electron chi connectivity index (χ3n) is 2.96. The zero-order valence-electron chi connectivity index (χ0n) is 10.6. The molecule has 0 saturated carbocycles. The van der Waals surface area contributed by atoms with Crippen LogP contribution >= 0.6 is 0 Å². The van der Waals surface area contributed by atoms with Gasteiger partial charge in [-0.2, -0.15) is 0 Å². The Morgan fingerprint density at radius 3 is 2.58 bits per heavy atom. The first-order valence-corrected chi connectivity index (χ1v) is 5.72. The number of ether oxygens (including phenoxy) is 5. The van der Waals surface area contributed by atoms with Crippen molar-refractivity contribution in [2.24, 2.45) is 0 Å². The number of carbonyl (C=O) groups is 1. The summed E-state index contributed by atoms with van der Waals surface area (Å²) in [5.74, 6) is -2.29. The second-order valence-corrected chi connectivity index (χ2v) is 4.13. The summed E-state index contributed by atoms with van der Waals surface area (Å²) in [7, 11) is 2.98. The summed E-state index contributed by atoms with van der Waals surface area (Å²) < 4.78 is 25.6. The molecule has 3 atom stereocenters. The Morgan fingerprint density at radius 2 is 2.05 bits per heavy atom. The highest BCUT2D eigenvalue weighted by molar-refractivity contribution is 5.89. The average molecular weight is 276 g/mol. The van der Waals surface area contributed by atoms with E-state index in [0.717, 1.165) is 0 Å². The Bertz CT molecular complexity index is 375. The monoisotopic (exact) mass is 276 g/mol. The minimum Gasteiger partial charge on any atom is -0.505 e. The molecule has 0 spiro atoms. The molecule has 8 nitrogen and oxygen atoms in total. The smallest absolute Gasteiger partial charge is 0.377 e. The molecule has 1 saturated heterocycles. The quantitative estimate of drug-likeness (QED) is 0.534. The van der Waals surface area contributed by atoms with Crippen molar-refractivity contribution in [3.05, 3.63) is 11.5 Å². The van der Waals surface area contributed by atoms with Gasteiger partial charge >= 0.3 is 5.97 Å². The summed E-state index contributed by atoms with van der Waals surface area (Å²) in [6.45, 7) is 0.125. The predicted molar refractivity (Wildman–Crippen MR) is 59.2 cm³/mol. The third-order valence-corrected chi connectivity index (χ3v) is 2.96. The van der Waals surface area contributed by atoms with Crippen LogP contribution in [0.4, 0.5) is 0 Å². The fraction of sp³-hybridized carbons (Fsp3) is 0.727. The first kappa shape index (κ1) is 14.1. The van der Waals surface area contributed by atoms with E-state index in [9.17, 15) is 15.0 Å². The molecule has 8 heteroatoms. The number of aliphatic hydroxyl groups is 2. The molecule has 0 bridgehead atoms. The number of aliphatic hydroxyl groups excluding tert-OH is 2. The Balaban J connectivity index is 1.91. The van der Waals surface area contributed by atoms with Crippen molar-refractivity contribution >= 4 is 5.97 Å². The molecule has 0 aromatic rings. The van der Waals surface area contributed by atoms with Crippen LogP contribution in [0.2, 0.25) is 0 Å². The maximum absolute atomic E-state index is 11.1. The second kappa shape index (κ2) is 5.74. The van der Waals surface area contributed by atoms with Gasteiger partial charge in [-0.1, -0.05) is 0 Å². The van der Waals surface area contributed by atoms with Crippen LogP contribution in [0.5, 0.6) is 0 Å². The summed E-state index contributed by atoms with van der Waals surface area (Å²) >= 11 is 0. The van der Waals surface area contributed by atoms with E-state index in [1.54, 1.807) is 0 Å². The molecule has 0 aliphatic carbocycles. The van der Waals surface area contributed by atoms with Crippen LogP contribution in [0.3, 0.4) is 0 Å². The van der Waals surface area contributed by atoms with Gasteiger partial charge in [-0.05, 0) is 0 Å². The highest BCUT2D eigenvalue weighted by Crippen LogP contribution is 2.28. The van der Waals surface area contributed by atoms with E-state index < -0.39 is 42.3 Å². The molecule has 0 radical (unpaired) electrons. The Labute approximate surface area is 109 Å². The maximum atomic E-state index is 11.1. The van der Waals surface area contributed by atoms with Gasteiger partial charge in [-0.3, -0.25) is 0 Å². The maximum Gasteiger partial charge on any atom is 0.377 e. The van der Waals surface area contributed by atoms with E-state index in [1.807, 2.05) is 0 Å². The lowest BCUT2D eigenvalue weighted by molar-refractivity contribution is -0.169. The molecule has 2 rings (SSSR count). The zero-order chi connectivity index (χ0) is 14.0. The fourth-order valence-corrected chi connectivity index (χ4v) is 1.92. The van der Waals surface area contributed by atoms with Crippen molar-refractivity contribution in [2.75, 3.05) is 20.8 Å². The molecule has 0 amide bonds. The molecule has 1 fully saturated rings. The minimum atomic E-state index is -1.04. The van der Waals surface area contributed by atoms with Crippen LogP contribution in [-0.4, -0.2) is 61.8 Å². The normalized spacial score (nSPS) is 31.3. The van der Waals surface area contributed by atoms with Crippen LogP contribution < -0.4 is 0 Å². The largest absolute Gasteiger partial charge is 0.505 e. The van der Waals surface area contributed by atoms with Gasteiger partial charge in [-0.15, -0.1) is 0 Å². The number of carbonyl (C=O) groups excluding carboxylic acids is 1. The standard InChI is InChI=1S/C11H16O8/c1-15-6(16-2)3-7-17-4-5(18-7)10-8(12)9(13)11(14)19-10/h5-7,10,12-13H,3-4H2,1-2H3. The van der Waals surface area contributed by atoms with Gasteiger partial charge in [0, 0.05) is 20.6 Å². The first-order valence-electron chi connectivity index (χ1n) is 5.72. The molecule has 2 aliphatic rings. The molecule has 2 heterocycles. The number of hydrogen-bond acceptors (Lipinski definition) is 8. The molecule has 108 valence electrons. The lowest BCUT2D eigenvalue weighted by Gasteiger charge is -2.19. The Morgan fingerprint density at radius 1 is 1.37 bits per heavy atom.